The van der Waals surface area contributed by atoms with Gasteiger partial charge in [0.15, 0.2) is 5.16 Å². The SMILES string of the molecule is CCn1c(CSc2ncn[nH]2)nc2cc(S(=O)(=O)N(C)C)ccc21. The molecule has 0 radical (unpaired) electrons. The van der Waals surface area contributed by atoms with Crippen LogP contribution < -0.4 is 0 Å². The predicted octanol–water partition coefficient (Wildman–Crippen LogP) is 1.72. The molecule has 1 aromatic carbocycles. The van der Waals surface area contributed by atoms with Crippen molar-refractivity contribution in [3.63, 3.8) is 0 Å². The van der Waals surface area contributed by atoms with Crippen LogP contribution in [0.5, 0.6) is 0 Å². The summed E-state index contributed by atoms with van der Waals surface area (Å²) < 4.78 is 27.8. The van der Waals surface area contributed by atoms with E-state index >= 15 is 0 Å². The minimum atomic E-state index is -3.47. The molecule has 0 aliphatic carbocycles. The maximum Gasteiger partial charge on any atom is 0.242 e. The average molecular weight is 366 g/mol. The summed E-state index contributed by atoms with van der Waals surface area (Å²) in [5.41, 5.74) is 1.59. The summed E-state index contributed by atoms with van der Waals surface area (Å²) in [7, 11) is -0.436. The molecule has 1 N–H and O–H groups in total. The zero-order valence-corrected chi connectivity index (χ0v) is 15.2. The van der Waals surface area contributed by atoms with Crippen molar-refractivity contribution in [1.82, 2.24) is 29.0 Å². The Morgan fingerprint density at radius 3 is 2.75 bits per heavy atom. The lowest BCUT2D eigenvalue weighted by molar-refractivity contribution is 0.521. The molecule has 2 heterocycles. The molecule has 0 amide bonds. The standard InChI is InChI=1S/C14H18N6O2S2/c1-4-20-12-6-5-10(24(21,22)19(2)3)7-11(12)17-13(20)8-23-14-15-9-16-18-14/h5-7,9H,4,8H2,1-3H3,(H,15,16,18). The molecule has 3 rings (SSSR count). The Balaban J connectivity index is 1.99. The van der Waals surface area contributed by atoms with Crippen LogP contribution in [0.25, 0.3) is 11.0 Å². The number of rotatable bonds is 6. The van der Waals surface area contributed by atoms with Crippen molar-refractivity contribution in [2.24, 2.45) is 0 Å². The molecule has 0 fully saturated rings. The molecule has 8 nitrogen and oxygen atoms in total. The monoisotopic (exact) mass is 366 g/mol. The van der Waals surface area contributed by atoms with Gasteiger partial charge in [-0.15, -0.1) is 0 Å². The molecule has 0 spiro atoms. The van der Waals surface area contributed by atoms with Crippen LogP contribution in [-0.2, 0) is 22.3 Å². The topological polar surface area (TPSA) is 96.8 Å². The maximum absolute atomic E-state index is 12.3. The Morgan fingerprint density at radius 1 is 1.33 bits per heavy atom. The van der Waals surface area contributed by atoms with Gasteiger partial charge < -0.3 is 4.57 Å². The van der Waals surface area contributed by atoms with Crippen molar-refractivity contribution in [3.05, 3.63) is 30.4 Å². The number of aryl methyl sites for hydroxylation is 1. The number of fused-ring (bicyclic) bond motifs is 1. The number of aromatic nitrogens is 5. The molecular weight excluding hydrogens is 348 g/mol. The smallest absolute Gasteiger partial charge is 0.242 e. The normalized spacial score (nSPS) is 12.3. The van der Waals surface area contributed by atoms with Gasteiger partial charge in [0.05, 0.1) is 21.7 Å². The van der Waals surface area contributed by atoms with E-state index in [0.29, 0.717) is 11.3 Å². The highest BCUT2D eigenvalue weighted by atomic mass is 32.2. The highest BCUT2D eigenvalue weighted by molar-refractivity contribution is 7.98. The maximum atomic E-state index is 12.3. The number of sulfonamides is 1. The summed E-state index contributed by atoms with van der Waals surface area (Å²) in [5, 5.41) is 7.34. The second-order valence-electron chi connectivity index (χ2n) is 5.29. The van der Waals surface area contributed by atoms with Crippen LogP contribution in [0.3, 0.4) is 0 Å². The molecule has 0 aliphatic heterocycles. The van der Waals surface area contributed by atoms with Gasteiger partial charge in [0.2, 0.25) is 10.0 Å². The molecule has 128 valence electrons. The van der Waals surface area contributed by atoms with E-state index in [4.69, 9.17) is 0 Å². The van der Waals surface area contributed by atoms with Crippen molar-refractivity contribution >= 4 is 32.8 Å². The van der Waals surface area contributed by atoms with E-state index in [9.17, 15) is 8.42 Å². The fourth-order valence-corrected chi connectivity index (χ4v) is 4.04. The molecule has 0 saturated heterocycles. The molecule has 0 atom stereocenters. The number of nitrogens with one attached hydrogen (secondary N) is 1. The van der Waals surface area contributed by atoms with Crippen molar-refractivity contribution in [1.29, 1.82) is 0 Å². The largest absolute Gasteiger partial charge is 0.328 e. The Morgan fingerprint density at radius 2 is 2.12 bits per heavy atom. The third-order valence-corrected chi connectivity index (χ3v) is 6.31. The van der Waals surface area contributed by atoms with Crippen LogP contribution in [0.4, 0.5) is 0 Å². The molecule has 2 aromatic heterocycles. The molecule has 0 saturated carbocycles. The molecule has 0 aliphatic rings. The average Bonchev–Trinajstić information content (AvgIpc) is 3.18. The van der Waals surface area contributed by atoms with Gasteiger partial charge in [-0.3, -0.25) is 5.10 Å². The first-order chi connectivity index (χ1) is 11.4. The second-order valence-corrected chi connectivity index (χ2v) is 8.41. The number of nitrogens with zero attached hydrogens (tertiary/aromatic N) is 5. The highest BCUT2D eigenvalue weighted by Gasteiger charge is 2.19. The third-order valence-electron chi connectivity index (χ3n) is 3.62. The van der Waals surface area contributed by atoms with E-state index in [1.54, 1.807) is 12.1 Å². The van der Waals surface area contributed by atoms with E-state index in [2.05, 4.69) is 24.7 Å². The van der Waals surface area contributed by atoms with E-state index in [0.717, 1.165) is 23.0 Å². The van der Waals surface area contributed by atoms with Crippen LogP contribution in [-0.4, -0.2) is 51.6 Å². The Bertz CT molecular complexity index is 947. The zero-order chi connectivity index (χ0) is 17.3. The van der Waals surface area contributed by atoms with Gasteiger partial charge in [-0.25, -0.2) is 22.7 Å². The Kier molecular flexibility index (Phi) is 4.61. The first-order valence-corrected chi connectivity index (χ1v) is 9.76. The number of aromatic amines is 1. The minimum Gasteiger partial charge on any atom is -0.328 e. The lowest BCUT2D eigenvalue weighted by atomic mass is 10.3. The number of imidazole rings is 1. The molecule has 0 bridgehead atoms. The first kappa shape index (κ1) is 16.9. The lowest BCUT2D eigenvalue weighted by Crippen LogP contribution is -2.22. The summed E-state index contributed by atoms with van der Waals surface area (Å²) in [6.07, 6.45) is 1.46. The minimum absolute atomic E-state index is 0.246. The molecular formula is C14H18N6O2S2. The zero-order valence-electron chi connectivity index (χ0n) is 13.6. The van der Waals surface area contributed by atoms with Crippen molar-refractivity contribution in [3.8, 4) is 0 Å². The van der Waals surface area contributed by atoms with Crippen molar-refractivity contribution in [2.75, 3.05) is 14.1 Å². The summed E-state index contributed by atoms with van der Waals surface area (Å²) in [6, 6.07) is 5.06. The van der Waals surface area contributed by atoms with Crippen LogP contribution in [0.1, 0.15) is 12.7 Å². The molecule has 24 heavy (non-hydrogen) atoms. The number of thioether (sulfide) groups is 1. The van der Waals surface area contributed by atoms with Crippen LogP contribution >= 0.6 is 11.8 Å². The lowest BCUT2D eigenvalue weighted by Gasteiger charge is -2.11. The van der Waals surface area contributed by atoms with Crippen LogP contribution in [0.15, 0.2) is 34.6 Å². The van der Waals surface area contributed by atoms with Crippen LogP contribution in [0.2, 0.25) is 0 Å². The van der Waals surface area contributed by atoms with Gasteiger partial charge in [0.1, 0.15) is 12.2 Å². The van der Waals surface area contributed by atoms with Gasteiger partial charge >= 0.3 is 0 Å². The summed E-state index contributed by atoms with van der Waals surface area (Å²) in [6.45, 7) is 2.79. The summed E-state index contributed by atoms with van der Waals surface area (Å²) in [4.78, 5) is 8.94. The molecule has 10 heteroatoms. The number of hydrogen-bond donors (Lipinski definition) is 1. The highest BCUT2D eigenvalue weighted by Crippen LogP contribution is 2.25. The summed E-state index contributed by atoms with van der Waals surface area (Å²) >= 11 is 1.50. The summed E-state index contributed by atoms with van der Waals surface area (Å²) in [5.74, 6) is 1.49. The number of H-pyrrole nitrogens is 1. The van der Waals surface area contributed by atoms with E-state index in [-0.39, 0.29) is 4.90 Å². The fraction of sp³-hybridized carbons (Fsp3) is 0.357. The number of hydrogen-bond acceptors (Lipinski definition) is 6. The van der Waals surface area contributed by atoms with Gasteiger partial charge in [-0.05, 0) is 25.1 Å². The predicted molar refractivity (Wildman–Crippen MR) is 92.2 cm³/mol. The van der Waals surface area contributed by atoms with Gasteiger partial charge in [-0.1, -0.05) is 11.8 Å². The van der Waals surface area contributed by atoms with Crippen molar-refractivity contribution < 1.29 is 8.42 Å². The molecule has 0 unspecified atom stereocenters. The van der Waals surface area contributed by atoms with E-state index < -0.39 is 10.0 Å². The number of benzene rings is 1. The van der Waals surface area contributed by atoms with Gasteiger partial charge in [0.25, 0.3) is 0 Å². The van der Waals surface area contributed by atoms with Gasteiger partial charge in [0, 0.05) is 20.6 Å². The first-order valence-electron chi connectivity index (χ1n) is 7.33. The van der Waals surface area contributed by atoms with E-state index in [1.807, 2.05) is 13.0 Å². The Labute approximate surface area is 144 Å². The van der Waals surface area contributed by atoms with Crippen molar-refractivity contribution in [2.45, 2.75) is 29.3 Å². The fourth-order valence-electron chi connectivity index (χ4n) is 2.39. The van der Waals surface area contributed by atoms with E-state index in [1.165, 1.54) is 36.5 Å². The van der Waals surface area contributed by atoms with Crippen LogP contribution in [0, 0.1) is 0 Å². The van der Waals surface area contributed by atoms with Gasteiger partial charge in [-0.2, -0.15) is 5.10 Å². The second kappa shape index (κ2) is 6.54. The quantitative estimate of drug-likeness (QED) is 0.667. The third kappa shape index (κ3) is 3.04. The Hall–Kier alpha value is -1.91. The molecule has 3 aromatic rings.